The van der Waals surface area contributed by atoms with Gasteiger partial charge in [-0.3, -0.25) is 4.79 Å². The first-order valence-electron chi connectivity index (χ1n) is 6.30. The summed E-state index contributed by atoms with van der Waals surface area (Å²) >= 11 is 0. The number of hydrogen-bond donors (Lipinski definition) is 1. The second kappa shape index (κ2) is 5.17. The van der Waals surface area contributed by atoms with Crippen molar-refractivity contribution in [1.82, 2.24) is 9.88 Å². The monoisotopic (exact) mass is 304 g/mol. The molecule has 1 aromatic rings. The standard InChI is InChI=1S/C12H17ClN2O3S/c1-3-8(2)14-12(16)11-6-10(19(13,17)18)7-15(11)9-4-5-9/h6-9H,3-5H2,1-2H3,(H,14,16). The minimum absolute atomic E-state index is 0.0182. The van der Waals surface area contributed by atoms with Crippen molar-refractivity contribution in [3.63, 3.8) is 0 Å². The summed E-state index contributed by atoms with van der Waals surface area (Å²) in [7, 11) is 1.53. The molecule has 2 rings (SSSR count). The van der Waals surface area contributed by atoms with E-state index in [1.54, 1.807) is 4.57 Å². The van der Waals surface area contributed by atoms with Crippen LogP contribution in [0.15, 0.2) is 17.2 Å². The Balaban J connectivity index is 2.33. The fourth-order valence-corrected chi connectivity index (χ4v) is 2.57. The maximum Gasteiger partial charge on any atom is 0.268 e. The summed E-state index contributed by atoms with van der Waals surface area (Å²) in [6.07, 6.45) is 4.18. The highest BCUT2D eigenvalue weighted by molar-refractivity contribution is 8.13. The molecule has 1 aliphatic carbocycles. The van der Waals surface area contributed by atoms with E-state index in [0.29, 0.717) is 5.69 Å². The zero-order valence-corrected chi connectivity index (χ0v) is 12.5. The fraction of sp³-hybridized carbons (Fsp3) is 0.583. The van der Waals surface area contributed by atoms with Gasteiger partial charge in [0.25, 0.3) is 15.0 Å². The molecule has 1 N–H and O–H groups in total. The molecule has 7 heteroatoms. The second-order valence-corrected chi connectivity index (χ2v) is 7.49. The Labute approximate surface area is 117 Å². The molecule has 5 nitrogen and oxygen atoms in total. The average Bonchev–Trinajstić information content (AvgIpc) is 3.05. The van der Waals surface area contributed by atoms with Gasteiger partial charge in [-0.1, -0.05) is 6.92 Å². The van der Waals surface area contributed by atoms with Crippen LogP contribution in [0, 0.1) is 0 Å². The smallest absolute Gasteiger partial charge is 0.268 e. The van der Waals surface area contributed by atoms with Crippen molar-refractivity contribution < 1.29 is 13.2 Å². The molecular formula is C12H17ClN2O3S. The van der Waals surface area contributed by atoms with Gasteiger partial charge in [-0.15, -0.1) is 0 Å². The van der Waals surface area contributed by atoms with Crippen LogP contribution in [0.25, 0.3) is 0 Å². The Hall–Kier alpha value is -1.01. The van der Waals surface area contributed by atoms with E-state index in [-0.39, 0.29) is 22.9 Å². The van der Waals surface area contributed by atoms with E-state index >= 15 is 0 Å². The second-order valence-electron chi connectivity index (χ2n) is 4.92. The van der Waals surface area contributed by atoms with Gasteiger partial charge in [0.15, 0.2) is 0 Å². The minimum Gasteiger partial charge on any atom is -0.348 e. The molecule has 1 aromatic heterocycles. The van der Waals surface area contributed by atoms with Gasteiger partial charge in [0.1, 0.15) is 10.6 Å². The van der Waals surface area contributed by atoms with Crippen molar-refractivity contribution in [2.75, 3.05) is 0 Å². The van der Waals surface area contributed by atoms with Crippen LogP contribution in [0.3, 0.4) is 0 Å². The summed E-state index contributed by atoms with van der Waals surface area (Å²) in [6.45, 7) is 3.88. The third kappa shape index (κ3) is 3.30. The third-order valence-electron chi connectivity index (χ3n) is 3.27. The van der Waals surface area contributed by atoms with Gasteiger partial charge < -0.3 is 9.88 Å². The van der Waals surface area contributed by atoms with Gasteiger partial charge in [-0.25, -0.2) is 8.42 Å². The van der Waals surface area contributed by atoms with Gasteiger partial charge in [0.2, 0.25) is 0 Å². The molecule has 1 fully saturated rings. The molecular weight excluding hydrogens is 288 g/mol. The Morgan fingerprint density at radius 2 is 2.21 bits per heavy atom. The van der Waals surface area contributed by atoms with Crippen molar-refractivity contribution in [1.29, 1.82) is 0 Å². The highest BCUT2D eigenvalue weighted by Gasteiger charge is 2.30. The first-order chi connectivity index (χ1) is 8.82. The van der Waals surface area contributed by atoms with Crippen LogP contribution in [-0.4, -0.2) is 24.9 Å². The van der Waals surface area contributed by atoms with Gasteiger partial charge in [-0.05, 0) is 32.3 Å². The molecule has 0 bridgehead atoms. The zero-order chi connectivity index (χ0) is 14.2. The normalized spacial score (nSPS) is 17.2. The molecule has 1 heterocycles. The Bertz CT molecular complexity index is 590. The van der Waals surface area contributed by atoms with Crippen LogP contribution in [-0.2, 0) is 9.05 Å². The van der Waals surface area contributed by atoms with Gasteiger partial charge in [0.05, 0.1) is 0 Å². The summed E-state index contributed by atoms with van der Waals surface area (Å²) in [5.74, 6) is -0.257. The summed E-state index contributed by atoms with van der Waals surface area (Å²) in [5, 5.41) is 2.84. The summed E-state index contributed by atoms with van der Waals surface area (Å²) < 4.78 is 24.4. The van der Waals surface area contributed by atoms with Crippen molar-refractivity contribution in [3.8, 4) is 0 Å². The van der Waals surface area contributed by atoms with Crippen LogP contribution in [0.1, 0.15) is 49.6 Å². The number of rotatable bonds is 5. The highest BCUT2D eigenvalue weighted by Crippen LogP contribution is 2.37. The number of nitrogens with one attached hydrogen (secondary N) is 1. The van der Waals surface area contributed by atoms with Crippen molar-refractivity contribution >= 4 is 25.6 Å². The van der Waals surface area contributed by atoms with E-state index in [0.717, 1.165) is 19.3 Å². The summed E-state index contributed by atoms with van der Waals surface area (Å²) in [6, 6.07) is 1.61. The largest absolute Gasteiger partial charge is 0.348 e. The number of hydrogen-bond acceptors (Lipinski definition) is 3. The van der Waals surface area contributed by atoms with Crippen LogP contribution >= 0.6 is 10.7 Å². The van der Waals surface area contributed by atoms with Crippen LogP contribution < -0.4 is 5.32 Å². The highest BCUT2D eigenvalue weighted by atomic mass is 35.7. The SMILES string of the molecule is CCC(C)NC(=O)c1cc(S(=O)(=O)Cl)cn1C1CC1. The molecule has 0 radical (unpaired) electrons. The van der Waals surface area contributed by atoms with E-state index in [2.05, 4.69) is 5.32 Å². The number of halogens is 1. The van der Waals surface area contributed by atoms with Gasteiger partial charge in [-0.2, -0.15) is 0 Å². The quantitative estimate of drug-likeness (QED) is 0.849. The average molecular weight is 305 g/mol. The first kappa shape index (κ1) is 14.4. The zero-order valence-electron chi connectivity index (χ0n) is 10.9. The van der Waals surface area contributed by atoms with Crippen molar-refractivity contribution in [2.45, 2.75) is 50.1 Å². The van der Waals surface area contributed by atoms with Crippen LogP contribution in [0.4, 0.5) is 0 Å². The Kier molecular flexibility index (Phi) is 3.92. The molecule has 19 heavy (non-hydrogen) atoms. The number of aromatic nitrogens is 1. The first-order valence-corrected chi connectivity index (χ1v) is 8.61. The molecule has 1 aliphatic rings. The summed E-state index contributed by atoms with van der Waals surface area (Å²) in [4.78, 5) is 12.1. The number of carbonyl (C=O) groups is 1. The Morgan fingerprint density at radius 3 is 2.68 bits per heavy atom. The Morgan fingerprint density at radius 1 is 1.58 bits per heavy atom. The molecule has 0 saturated heterocycles. The van der Waals surface area contributed by atoms with Crippen molar-refractivity contribution in [3.05, 3.63) is 18.0 Å². The molecule has 1 unspecified atom stereocenters. The molecule has 0 spiro atoms. The number of amides is 1. The predicted octanol–water partition coefficient (Wildman–Crippen LogP) is 2.28. The lowest BCUT2D eigenvalue weighted by atomic mass is 10.2. The van der Waals surface area contributed by atoms with Crippen LogP contribution in [0.2, 0.25) is 0 Å². The molecule has 0 aliphatic heterocycles. The van der Waals surface area contributed by atoms with Crippen molar-refractivity contribution in [2.24, 2.45) is 0 Å². The molecule has 1 atom stereocenters. The summed E-state index contributed by atoms with van der Waals surface area (Å²) in [5.41, 5.74) is 0.363. The molecule has 0 aromatic carbocycles. The maximum atomic E-state index is 12.1. The van der Waals surface area contributed by atoms with E-state index in [1.807, 2.05) is 13.8 Å². The predicted molar refractivity (Wildman–Crippen MR) is 73.0 cm³/mol. The lowest BCUT2D eigenvalue weighted by Gasteiger charge is -2.12. The lowest BCUT2D eigenvalue weighted by molar-refractivity contribution is 0.0929. The number of nitrogens with zero attached hydrogens (tertiary/aromatic N) is 1. The molecule has 1 saturated carbocycles. The van der Waals surface area contributed by atoms with Crippen LogP contribution in [0.5, 0.6) is 0 Å². The van der Waals surface area contributed by atoms with E-state index in [1.165, 1.54) is 12.3 Å². The maximum absolute atomic E-state index is 12.1. The lowest BCUT2D eigenvalue weighted by Crippen LogP contribution is -2.33. The molecule has 1 amide bonds. The minimum atomic E-state index is -3.81. The topological polar surface area (TPSA) is 68.2 Å². The number of carbonyl (C=O) groups excluding carboxylic acids is 1. The van der Waals surface area contributed by atoms with Gasteiger partial charge >= 0.3 is 0 Å². The van der Waals surface area contributed by atoms with E-state index < -0.39 is 9.05 Å². The van der Waals surface area contributed by atoms with E-state index in [9.17, 15) is 13.2 Å². The molecule has 106 valence electrons. The third-order valence-corrected chi connectivity index (χ3v) is 4.59. The van der Waals surface area contributed by atoms with E-state index in [4.69, 9.17) is 10.7 Å². The fourth-order valence-electron chi connectivity index (χ4n) is 1.82. The van der Waals surface area contributed by atoms with Gasteiger partial charge in [0, 0.05) is 29.0 Å².